The van der Waals surface area contributed by atoms with Gasteiger partial charge in [-0.3, -0.25) is 4.79 Å². The number of esters is 1. The second-order valence-corrected chi connectivity index (χ2v) is 8.04. The first-order valence-corrected chi connectivity index (χ1v) is 10.7. The third-order valence-electron chi connectivity index (χ3n) is 5.78. The molecule has 6 nitrogen and oxygen atoms in total. The van der Waals surface area contributed by atoms with Gasteiger partial charge in [-0.25, -0.2) is 9.78 Å². The number of ether oxygens (including phenoxy) is 1. The van der Waals surface area contributed by atoms with Crippen LogP contribution < -0.4 is 4.90 Å². The fraction of sp³-hybridized carbons (Fsp3) is 0.192. The number of H-pyrrole nitrogens is 1. The molecule has 0 fully saturated rings. The number of fused-ring (bicyclic) bond motifs is 2. The largest absolute Gasteiger partial charge is 0.452 e. The molecule has 0 atom stereocenters. The van der Waals surface area contributed by atoms with Gasteiger partial charge in [-0.2, -0.15) is 0 Å². The number of imidazole rings is 1. The zero-order valence-corrected chi connectivity index (χ0v) is 17.8. The van der Waals surface area contributed by atoms with Gasteiger partial charge < -0.3 is 14.6 Å². The van der Waals surface area contributed by atoms with Crippen LogP contribution >= 0.6 is 0 Å². The van der Waals surface area contributed by atoms with E-state index in [1.54, 1.807) is 23.1 Å². The van der Waals surface area contributed by atoms with E-state index in [4.69, 9.17) is 4.74 Å². The number of aromatic amines is 1. The quantitative estimate of drug-likeness (QED) is 0.482. The number of aromatic nitrogens is 2. The summed E-state index contributed by atoms with van der Waals surface area (Å²) in [4.78, 5) is 34.9. The molecule has 1 aromatic heterocycles. The highest BCUT2D eigenvalue weighted by Crippen LogP contribution is 2.27. The molecular formula is C26H23N3O3. The van der Waals surface area contributed by atoms with Crippen LogP contribution in [0.15, 0.2) is 66.7 Å². The number of rotatable bonds is 4. The van der Waals surface area contributed by atoms with Crippen molar-refractivity contribution in [3.63, 3.8) is 0 Å². The van der Waals surface area contributed by atoms with Gasteiger partial charge in [0.2, 0.25) is 0 Å². The van der Waals surface area contributed by atoms with Gasteiger partial charge in [-0.1, -0.05) is 48.0 Å². The van der Waals surface area contributed by atoms with E-state index >= 15 is 0 Å². The molecule has 0 unspecified atom stereocenters. The van der Waals surface area contributed by atoms with Crippen LogP contribution in [0.25, 0.3) is 22.4 Å². The zero-order chi connectivity index (χ0) is 22.1. The minimum absolute atomic E-state index is 0.213. The molecule has 160 valence electrons. The Morgan fingerprint density at radius 3 is 2.72 bits per heavy atom. The lowest BCUT2D eigenvalue weighted by molar-refractivity contribution is -0.121. The number of aryl methyl sites for hydroxylation is 2. The smallest absolute Gasteiger partial charge is 0.338 e. The van der Waals surface area contributed by atoms with Crippen LogP contribution in [0.2, 0.25) is 0 Å². The molecule has 0 radical (unpaired) electrons. The molecule has 3 aromatic carbocycles. The van der Waals surface area contributed by atoms with Crippen molar-refractivity contribution >= 4 is 28.6 Å². The Bertz CT molecular complexity index is 1310. The van der Waals surface area contributed by atoms with Crippen LogP contribution in [0.1, 0.15) is 27.9 Å². The van der Waals surface area contributed by atoms with Crippen LogP contribution in [-0.2, 0) is 16.0 Å². The summed E-state index contributed by atoms with van der Waals surface area (Å²) in [6.07, 6.45) is 1.85. The van der Waals surface area contributed by atoms with E-state index < -0.39 is 5.97 Å². The lowest BCUT2D eigenvalue weighted by Crippen LogP contribution is -2.38. The van der Waals surface area contributed by atoms with Crippen LogP contribution in [-0.4, -0.2) is 35.0 Å². The van der Waals surface area contributed by atoms with Gasteiger partial charge in [0.1, 0.15) is 5.82 Å². The molecule has 32 heavy (non-hydrogen) atoms. The highest BCUT2D eigenvalue weighted by atomic mass is 16.5. The second kappa shape index (κ2) is 8.30. The monoisotopic (exact) mass is 425 g/mol. The minimum atomic E-state index is -0.531. The fourth-order valence-corrected chi connectivity index (χ4v) is 4.07. The molecule has 1 N–H and O–H groups in total. The number of hydrogen-bond acceptors (Lipinski definition) is 4. The Hall–Kier alpha value is -3.93. The Morgan fingerprint density at radius 2 is 1.88 bits per heavy atom. The molecule has 4 aromatic rings. The summed E-state index contributed by atoms with van der Waals surface area (Å²) in [5.41, 5.74) is 6.09. The Labute approximate surface area is 185 Å². The van der Waals surface area contributed by atoms with Gasteiger partial charge in [-0.15, -0.1) is 0 Å². The van der Waals surface area contributed by atoms with Crippen molar-refractivity contribution in [2.24, 2.45) is 0 Å². The van der Waals surface area contributed by atoms with Crippen molar-refractivity contribution in [2.45, 2.75) is 19.8 Å². The molecule has 0 saturated heterocycles. The van der Waals surface area contributed by atoms with E-state index in [-0.39, 0.29) is 12.5 Å². The number of anilines is 1. The maximum atomic E-state index is 12.7. The maximum Gasteiger partial charge on any atom is 0.338 e. The average Bonchev–Trinajstić information content (AvgIpc) is 3.26. The summed E-state index contributed by atoms with van der Waals surface area (Å²) in [5.74, 6) is -0.00346. The summed E-state index contributed by atoms with van der Waals surface area (Å²) in [6.45, 7) is 2.38. The summed E-state index contributed by atoms with van der Waals surface area (Å²) in [7, 11) is 0. The van der Waals surface area contributed by atoms with Gasteiger partial charge in [0, 0.05) is 17.8 Å². The highest BCUT2D eigenvalue weighted by molar-refractivity contribution is 5.99. The maximum absolute atomic E-state index is 12.7. The fourth-order valence-electron chi connectivity index (χ4n) is 4.07. The molecule has 1 aliphatic rings. The van der Waals surface area contributed by atoms with Gasteiger partial charge in [0.25, 0.3) is 5.91 Å². The third kappa shape index (κ3) is 3.87. The van der Waals surface area contributed by atoms with Crippen LogP contribution in [0.3, 0.4) is 0 Å². The molecule has 2 heterocycles. The standard InChI is InChI=1S/C26H23N3O3/c1-17-8-10-19(11-9-17)25-27-21-13-12-20(15-22(21)28-25)26(31)32-16-24(30)29-14-4-6-18-5-2-3-7-23(18)29/h2-3,5,7-13,15H,4,6,14,16H2,1H3,(H,27,28). The highest BCUT2D eigenvalue weighted by Gasteiger charge is 2.23. The summed E-state index contributed by atoms with van der Waals surface area (Å²) in [6, 6.07) is 21.1. The number of nitrogens with zero attached hydrogens (tertiary/aromatic N) is 2. The molecule has 1 aliphatic heterocycles. The second-order valence-electron chi connectivity index (χ2n) is 8.04. The van der Waals surface area contributed by atoms with E-state index in [0.29, 0.717) is 12.1 Å². The first-order valence-electron chi connectivity index (χ1n) is 10.7. The Balaban J connectivity index is 1.29. The number of amides is 1. The Morgan fingerprint density at radius 1 is 1.06 bits per heavy atom. The number of carbonyl (C=O) groups is 2. The van der Waals surface area contributed by atoms with Gasteiger partial charge in [0.05, 0.1) is 16.6 Å². The molecule has 0 aliphatic carbocycles. The predicted octanol–water partition coefficient (Wildman–Crippen LogP) is 4.67. The predicted molar refractivity (Wildman–Crippen MR) is 124 cm³/mol. The third-order valence-corrected chi connectivity index (χ3v) is 5.78. The number of nitrogens with one attached hydrogen (secondary N) is 1. The number of hydrogen-bond donors (Lipinski definition) is 1. The van der Waals surface area contributed by atoms with Gasteiger partial charge in [0.15, 0.2) is 6.61 Å². The zero-order valence-electron chi connectivity index (χ0n) is 17.8. The molecule has 6 heteroatoms. The topological polar surface area (TPSA) is 75.3 Å². The van der Waals surface area contributed by atoms with Crippen molar-refractivity contribution in [1.29, 1.82) is 0 Å². The van der Waals surface area contributed by atoms with Crippen molar-refractivity contribution in [3.8, 4) is 11.4 Å². The molecule has 0 bridgehead atoms. The van der Waals surface area contributed by atoms with E-state index in [1.807, 2.05) is 55.5 Å². The first kappa shape index (κ1) is 20.0. The van der Waals surface area contributed by atoms with Crippen molar-refractivity contribution < 1.29 is 14.3 Å². The SMILES string of the molecule is Cc1ccc(-c2nc3ccc(C(=O)OCC(=O)N4CCCc5ccccc54)cc3[nH]2)cc1. The van der Waals surface area contributed by atoms with Gasteiger partial charge >= 0.3 is 5.97 Å². The van der Waals surface area contributed by atoms with E-state index in [9.17, 15) is 9.59 Å². The summed E-state index contributed by atoms with van der Waals surface area (Å²) < 4.78 is 5.35. The minimum Gasteiger partial charge on any atom is -0.452 e. The lowest BCUT2D eigenvalue weighted by atomic mass is 10.0. The normalized spacial score (nSPS) is 13.1. The summed E-state index contributed by atoms with van der Waals surface area (Å²) in [5, 5.41) is 0. The average molecular weight is 425 g/mol. The number of benzene rings is 3. The molecule has 5 rings (SSSR count). The molecule has 0 spiro atoms. The number of carbonyl (C=O) groups excluding carboxylic acids is 2. The van der Waals surface area contributed by atoms with E-state index in [1.165, 1.54) is 5.56 Å². The first-order chi connectivity index (χ1) is 15.6. The van der Waals surface area contributed by atoms with Crippen molar-refractivity contribution in [3.05, 3.63) is 83.4 Å². The Kier molecular flexibility index (Phi) is 5.19. The van der Waals surface area contributed by atoms with E-state index in [2.05, 4.69) is 9.97 Å². The van der Waals surface area contributed by atoms with Crippen molar-refractivity contribution in [1.82, 2.24) is 9.97 Å². The van der Waals surface area contributed by atoms with Crippen LogP contribution in [0.5, 0.6) is 0 Å². The van der Waals surface area contributed by atoms with Crippen LogP contribution in [0.4, 0.5) is 5.69 Å². The molecule has 0 saturated carbocycles. The van der Waals surface area contributed by atoms with Crippen molar-refractivity contribution in [2.75, 3.05) is 18.1 Å². The van der Waals surface area contributed by atoms with E-state index in [0.717, 1.165) is 46.5 Å². The number of para-hydroxylation sites is 1. The lowest BCUT2D eigenvalue weighted by Gasteiger charge is -2.29. The van der Waals surface area contributed by atoms with Gasteiger partial charge in [-0.05, 0) is 49.6 Å². The summed E-state index contributed by atoms with van der Waals surface area (Å²) >= 11 is 0. The van der Waals surface area contributed by atoms with Crippen LogP contribution in [0, 0.1) is 6.92 Å². The molecule has 1 amide bonds. The molecular weight excluding hydrogens is 402 g/mol.